The van der Waals surface area contributed by atoms with Crippen molar-refractivity contribution in [3.8, 4) is 0 Å². The maximum Gasteiger partial charge on any atom is 0.134 e. The van der Waals surface area contributed by atoms with E-state index >= 15 is 0 Å². The van der Waals surface area contributed by atoms with Crippen molar-refractivity contribution in [1.29, 1.82) is 0 Å². The molecule has 0 bridgehead atoms. The highest BCUT2D eigenvalue weighted by Crippen LogP contribution is 2.31. The van der Waals surface area contributed by atoms with Crippen molar-refractivity contribution in [3.63, 3.8) is 0 Å². The van der Waals surface area contributed by atoms with Gasteiger partial charge in [-0.1, -0.05) is 63.6 Å². The van der Waals surface area contributed by atoms with Crippen LogP contribution in [-0.4, -0.2) is 0 Å². The van der Waals surface area contributed by atoms with Gasteiger partial charge in [-0.15, -0.1) is 0 Å². The fourth-order valence-corrected chi connectivity index (χ4v) is 3.59. The average molecular weight is 270 g/mol. The summed E-state index contributed by atoms with van der Waals surface area (Å²) in [4.78, 5) is 0. The summed E-state index contributed by atoms with van der Waals surface area (Å²) in [5, 5.41) is 1.30. The zero-order valence-electron chi connectivity index (χ0n) is 12.6. The molecule has 0 radical (unpaired) electrons. The zero-order chi connectivity index (χ0) is 13.8. The molecule has 0 spiro atoms. The Morgan fingerprint density at radius 2 is 1.85 bits per heavy atom. The van der Waals surface area contributed by atoms with E-state index < -0.39 is 0 Å². The van der Waals surface area contributed by atoms with E-state index in [0.717, 1.165) is 17.4 Å². The Morgan fingerprint density at radius 3 is 2.70 bits per heavy atom. The maximum absolute atomic E-state index is 5.61. The Morgan fingerprint density at radius 1 is 1.05 bits per heavy atom. The van der Waals surface area contributed by atoms with Gasteiger partial charge in [0.25, 0.3) is 0 Å². The van der Waals surface area contributed by atoms with E-state index in [0.29, 0.717) is 0 Å². The van der Waals surface area contributed by atoms with Crippen LogP contribution in [0, 0.1) is 11.8 Å². The summed E-state index contributed by atoms with van der Waals surface area (Å²) in [7, 11) is 0. The predicted molar refractivity (Wildman–Crippen MR) is 84.9 cm³/mol. The van der Waals surface area contributed by atoms with E-state index in [2.05, 4.69) is 25.1 Å². The Labute approximate surface area is 122 Å². The molecule has 1 aliphatic carbocycles. The van der Waals surface area contributed by atoms with E-state index in [1.54, 1.807) is 0 Å². The molecule has 0 unspecified atom stereocenters. The predicted octanol–water partition coefficient (Wildman–Crippen LogP) is 5.97. The molecule has 1 saturated carbocycles. The highest BCUT2D eigenvalue weighted by atomic mass is 16.3. The van der Waals surface area contributed by atoms with Crippen LogP contribution in [0.3, 0.4) is 0 Å². The smallest absolute Gasteiger partial charge is 0.134 e. The standard InChI is InChI=1S/C19H26O/c1-15-10-12-16(13-11-15)6-2-3-7-17-14-20-19-9-5-4-8-18(17)19/h4-5,8-9,14-16H,2-3,6-7,10-13H2,1H3. The van der Waals surface area contributed by atoms with Crippen molar-refractivity contribution in [1.82, 2.24) is 0 Å². The van der Waals surface area contributed by atoms with Crippen LogP contribution in [0.25, 0.3) is 11.0 Å². The molecule has 1 fully saturated rings. The Hall–Kier alpha value is -1.24. The Kier molecular flexibility index (Phi) is 4.44. The molecule has 0 aliphatic heterocycles. The minimum atomic E-state index is 0.976. The summed E-state index contributed by atoms with van der Waals surface area (Å²) in [5.74, 6) is 1.98. The second-order valence-electron chi connectivity index (χ2n) is 6.63. The molecule has 20 heavy (non-hydrogen) atoms. The summed E-state index contributed by atoms with van der Waals surface area (Å²) < 4.78 is 5.61. The zero-order valence-corrected chi connectivity index (χ0v) is 12.6. The van der Waals surface area contributed by atoms with Crippen molar-refractivity contribution in [2.45, 2.75) is 58.3 Å². The van der Waals surface area contributed by atoms with Gasteiger partial charge in [-0.25, -0.2) is 0 Å². The molecule has 1 aromatic heterocycles. The Balaban J connectivity index is 1.44. The van der Waals surface area contributed by atoms with Gasteiger partial charge in [-0.3, -0.25) is 0 Å². The summed E-state index contributed by atoms with van der Waals surface area (Å²) in [5.41, 5.74) is 2.42. The second-order valence-corrected chi connectivity index (χ2v) is 6.63. The van der Waals surface area contributed by atoms with Crippen molar-refractivity contribution in [3.05, 3.63) is 36.1 Å². The second kappa shape index (κ2) is 6.47. The topological polar surface area (TPSA) is 13.1 Å². The molecule has 2 aromatic rings. The molecule has 0 saturated heterocycles. The molecule has 1 aromatic carbocycles. The van der Waals surface area contributed by atoms with E-state index in [9.17, 15) is 0 Å². The van der Waals surface area contributed by atoms with E-state index in [-0.39, 0.29) is 0 Å². The lowest BCUT2D eigenvalue weighted by Crippen LogP contribution is -2.12. The number of hydrogen-bond donors (Lipinski definition) is 0. The lowest BCUT2D eigenvalue weighted by atomic mass is 9.80. The Bertz CT molecular complexity index is 531. The highest BCUT2D eigenvalue weighted by molar-refractivity contribution is 5.80. The highest BCUT2D eigenvalue weighted by Gasteiger charge is 2.17. The van der Waals surface area contributed by atoms with Crippen LogP contribution in [0.5, 0.6) is 0 Å². The van der Waals surface area contributed by atoms with Crippen LogP contribution in [0.1, 0.15) is 57.4 Å². The number of unbranched alkanes of at least 4 members (excludes halogenated alkanes) is 1. The van der Waals surface area contributed by atoms with Crippen molar-refractivity contribution in [2.24, 2.45) is 11.8 Å². The van der Waals surface area contributed by atoms with Crippen LogP contribution < -0.4 is 0 Å². The number of furan rings is 1. The quantitative estimate of drug-likeness (QED) is 0.610. The van der Waals surface area contributed by atoms with Crippen LogP contribution in [0.4, 0.5) is 0 Å². The molecule has 3 rings (SSSR count). The first-order chi connectivity index (χ1) is 9.83. The summed E-state index contributed by atoms with van der Waals surface area (Å²) in [6.07, 6.45) is 13.1. The minimum Gasteiger partial charge on any atom is -0.464 e. The van der Waals surface area contributed by atoms with Gasteiger partial charge < -0.3 is 4.42 Å². The van der Waals surface area contributed by atoms with Crippen molar-refractivity contribution < 1.29 is 4.42 Å². The van der Waals surface area contributed by atoms with Crippen molar-refractivity contribution >= 4 is 11.0 Å². The maximum atomic E-state index is 5.61. The lowest BCUT2D eigenvalue weighted by molar-refractivity contribution is 0.272. The summed E-state index contributed by atoms with van der Waals surface area (Å²) in [6, 6.07) is 8.38. The number of hydrogen-bond acceptors (Lipinski definition) is 1. The molecule has 1 aliphatic rings. The molecule has 108 valence electrons. The average Bonchev–Trinajstić information content (AvgIpc) is 2.89. The molecule has 0 atom stereocenters. The van der Waals surface area contributed by atoms with Gasteiger partial charge in [-0.2, -0.15) is 0 Å². The number of benzene rings is 1. The lowest BCUT2D eigenvalue weighted by Gasteiger charge is -2.25. The third-order valence-corrected chi connectivity index (χ3v) is 5.01. The monoisotopic (exact) mass is 270 g/mol. The molecular formula is C19H26O. The van der Waals surface area contributed by atoms with Crippen molar-refractivity contribution in [2.75, 3.05) is 0 Å². The van der Waals surface area contributed by atoms with Gasteiger partial charge in [0, 0.05) is 5.39 Å². The summed E-state index contributed by atoms with van der Waals surface area (Å²) >= 11 is 0. The summed E-state index contributed by atoms with van der Waals surface area (Å²) in [6.45, 7) is 2.40. The van der Waals surface area contributed by atoms with Gasteiger partial charge in [-0.05, 0) is 36.3 Å². The van der Waals surface area contributed by atoms with E-state index in [4.69, 9.17) is 4.42 Å². The SMILES string of the molecule is CC1CCC(CCCCc2coc3ccccc23)CC1. The number of para-hydroxylation sites is 1. The third-order valence-electron chi connectivity index (χ3n) is 5.01. The van der Waals surface area contributed by atoms with Crippen LogP contribution in [0.2, 0.25) is 0 Å². The fourth-order valence-electron chi connectivity index (χ4n) is 3.59. The molecule has 1 heterocycles. The number of aryl methyl sites for hydroxylation is 1. The van der Waals surface area contributed by atoms with Crippen LogP contribution in [-0.2, 0) is 6.42 Å². The molecule has 0 N–H and O–H groups in total. The fraction of sp³-hybridized carbons (Fsp3) is 0.579. The largest absolute Gasteiger partial charge is 0.464 e. The number of rotatable bonds is 5. The van der Waals surface area contributed by atoms with Gasteiger partial charge in [0.2, 0.25) is 0 Å². The van der Waals surface area contributed by atoms with Crippen LogP contribution >= 0.6 is 0 Å². The van der Waals surface area contributed by atoms with E-state index in [1.807, 2.05) is 12.3 Å². The normalized spacial score (nSPS) is 23.2. The molecular weight excluding hydrogens is 244 g/mol. The number of fused-ring (bicyclic) bond motifs is 1. The van der Waals surface area contributed by atoms with E-state index in [1.165, 1.54) is 62.3 Å². The van der Waals surface area contributed by atoms with Gasteiger partial charge in [0.15, 0.2) is 0 Å². The molecule has 1 heteroatoms. The van der Waals surface area contributed by atoms with Gasteiger partial charge in [0.05, 0.1) is 6.26 Å². The third kappa shape index (κ3) is 3.26. The van der Waals surface area contributed by atoms with Crippen LogP contribution in [0.15, 0.2) is 34.9 Å². The first-order valence-corrected chi connectivity index (χ1v) is 8.28. The van der Waals surface area contributed by atoms with Gasteiger partial charge >= 0.3 is 0 Å². The van der Waals surface area contributed by atoms with Gasteiger partial charge in [0.1, 0.15) is 5.58 Å². The first-order valence-electron chi connectivity index (χ1n) is 8.28. The first kappa shape index (κ1) is 13.7. The molecule has 1 nitrogen and oxygen atoms in total. The molecule has 0 amide bonds. The minimum absolute atomic E-state index is 0.976.